The third-order valence-corrected chi connectivity index (χ3v) is 5.59. The van der Waals surface area contributed by atoms with E-state index in [2.05, 4.69) is 9.82 Å². The second kappa shape index (κ2) is 13.2. The largest absolute Gasteiger partial charge is 0.493 e. The number of methoxy groups -OCH3 is 1. The zero-order chi connectivity index (χ0) is 29.4. The van der Waals surface area contributed by atoms with Gasteiger partial charge in [0, 0.05) is 26.6 Å². The molecule has 16 nitrogen and oxygen atoms in total. The van der Waals surface area contributed by atoms with Crippen LogP contribution in [0.4, 0.5) is 0 Å². The summed E-state index contributed by atoms with van der Waals surface area (Å²) in [5.41, 5.74) is -0.295. The van der Waals surface area contributed by atoms with Crippen molar-refractivity contribution in [3.05, 3.63) is 67.1 Å². The van der Waals surface area contributed by atoms with Crippen molar-refractivity contribution in [3.8, 4) is 11.5 Å². The van der Waals surface area contributed by atoms with Gasteiger partial charge in [-0.15, -0.1) is 10.1 Å². The van der Waals surface area contributed by atoms with Gasteiger partial charge in [0.05, 0.1) is 26.6 Å². The van der Waals surface area contributed by atoms with Crippen LogP contribution in [0.15, 0.2) is 40.2 Å². The summed E-state index contributed by atoms with van der Waals surface area (Å²) in [4.78, 5) is 67.0. The number of imidazole rings is 1. The first-order valence-corrected chi connectivity index (χ1v) is 11.8. The van der Waals surface area contributed by atoms with Crippen LogP contribution >= 0.6 is 0 Å². The molecule has 40 heavy (non-hydrogen) atoms. The van der Waals surface area contributed by atoms with Crippen molar-refractivity contribution in [2.75, 3.05) is 20.3 Å². The number of benzene rings is 1. The first kappa shape index (κ1) is 29.6. The average Bonchev–Trinajstić information content (AvgIpc) is 3.34. The van der Waals surface area contributed by atoms with Crippen LogP contribution in [0, 0.1) is 10.1 Å². The second-order valence-electron chi connectivity index (χ2n) is 8.44. The Balaban J connectivity index is 1.54. The van der Waals surface area contributed by atoms with E-state index in [1.807, 2.05) is 0 Å². The van der Waals surface area contributed by atoms with Crippen molar-refractivity contribution >= 4 is 29.2 Å². The fourth-order valence-electron chi connectivity index (χ4n) is 3.61. The van der Waals surface area contributed by atoms with Crippen LogP contribution < -0.4 is 20.7 Å². The van der Waals surface area contributed by atoms with Crippen LogP contribution in [0.25, 0.3) is 17.2 Å². The van der Waals surface area contributed by atoms with E-state index in [0.717, 1.165) is 10.6 Å². The van der Waals surface area contributed by atoms with Gasteiger partial charge in [-0.25, -0.2) is 14.6 Å². The Morgan fingerprint density at radius 1 is 1.20 bits per heavy atom. The number of rotatable bonds is 13. The molecule has 1 N–H and O–H groups in total. The SMILES string of the molecule is COc1cc(/C=C/C(=O)OCC(O)Cn2cnc3c2c(=O)n(C)c(=O)n3C)ccc1OC(=O)CCCO[N+](=O)[O-]. The van der Waals surface area contributed by atoms with Gasteiger partial charge in [0.2, 0.25) is 0 Å². The lowest BCUT2D eigenvalue weighted by Crippen LogP contribution is -2.38. The summed E-state index contributed by atoms with van der Waals surface area (Å²) < 4.78 is 19.0. The van der Waals surface area contributed by atoms with Gasteiger partial charge in [0.1, 0.15) is 12.7 Å². The Morgan fingerprint density at radius 3 is 2.65 bits per heavy atom. The quantitative estimate of drug-likeness (QED) is 0.0731. The number of aromatic nitrogens is 4. The fourth-order valence-corrected chi connectivity index (χ4v) is 3.61. The normalized spacial score (nSPS) is 11.9. The smallest absolute Gasteiger partial charge is 0.332 e. The van der Waals surface area contributed by atoms with E-state index in [4.69, 9.17) is 14.2 Å². The van der Waals surface area contributed by atoms with E-state index in [1.54, 1.807) is 6.07 Å². The Morgan fingerprint density at radius 2 is 1.95 bits per heavy atom. The second-order valence-corrected chi connectivity index (χ2v) is 8.44. The third-order valence-electron chi connectivity index (χ3n) is 5.59. The lowest BCUT2D eigenvalue weighted by Gasteiger charge is -2.12. The summed E-state index contributed by atoms with van der Waals surface area (Å²) in [5.74, 6) is -1.06. The highest BCUT2D eigenvalue weighted by atomic mass is 16.9. The first-order chi connectivity index (χ1) is 19.0. The molecule has 0 aliphatic rings. The molecule has 1 unspecified atom stereocenters. The zero-order valence-electron chi connectivity index (χ0n) is 21.8. The molecular weight excluding hydrogens is 534 g/mol. The summed E-state index contributed by atoms with van der Waals surface area (Å²) in [6.45, 7) is -0.723. The van der Waals surface area contributed by atoms with Crippen LogP contribution in [0.1, 0.15) is 18.4 Å². The van der Waals surface area contributed by atoms with Gasteiger partial charge in [0.15, 0.2) is 22.7 Å². The van der Waals surface area contributed by atoms with Crippen LogP contribution in [-0.4, -0.2) is 67.2 Å². The minimum Gasteiger partial charge on any atom is -0.493 e. The zero-order valence-corrected chi connectivity index (χ0v) is 21.8. The number of carbonyl (C=O) groups is 2. The highest BCUT2D eigenvalue weighted by Crippen LogP contribution is 2.29. The Kier molecular flexibility index (Phi) is 9.75. The van der Waals surface area contributed by atoms with E-state index in [-0.39, 0.29) is 55.3 Å². The Hall–Kier alpha value is -4.99. The highest BCUT2D eigenvalue weighted by Gasteiger charge is 2.17. The molecular formula is C24H27N5O11. The molecule has 2 aromatic heterocycles. The molecule has 0 fully saturated rings. The molecule has 1 aromatic carbocycles. The fraction of sp³-hybridized carbons (Fsp3) is 0.375. The molecule has 3 aromatic rings. The molecule has 0 amide bonds. The van der Waals surface area contributed by atoms with Crippen LogP contribution in [-0.2, 0) is 39.8 Å². The van der Waals surface area contributed by atoms with Crippen molar-refractivity contribution in [1.82, 2.24) is 18.7 Å². The number of nitrogens with zero attached hydrogens (tertiary/aromatic N) is 5. The first-order valence-electron chi connectivity index (χ1n) is 11.8. The van der Waals surface area contributed by atoms with Crippen molar-refractivity contribution in [1.29, 1.82) is 0 Å². The van der Waals surface area contributed by atoms with Crippen molar-refractivity contribution in [2.45, 2.75) is 25.5 Å². The standard InChI is InChI=1S/C24H27N5O11/c1-26-22-21(23(33)27(2)24(26)34)28(14-25-22)12-16(30)13-38-19(31)9-7-15-6-8-17(18(11-15)37-3)40-20(32)5-4-10-39-29(35)36/h6-9,11,14,16,30H,4-5,10,12-13H2,1-3H3/b9-7+. The maximum Gasteiger partial charge on any atom is 0.332 e. The van der Waals surface area contributed by atoms with Gasteiger partial charge in [-0.2, -0.15) is 0 Å². The lowest BCUT2D eigenvalue weighted by atomic mass is 10.2. The molecule has 1 atom stereocenters. The summed E-state index contributed by atoms with van der Waals surface area (Å²) >= 11 is 0. The summed E-state index contributed by atoms with van der Waals surface area (Å²) in [6.07, 6.45) is 2.68. The van der Waals surface area contributed by atoms with E-state index < -0.39 is 34.4 Å². The average molecular weight is 562 g/mol. The number of hydrogen-bond acceptors (Lipinski definition) is 12. The summed E-state index contributed by atoms with van der Waals surface area (Å²) in [5, 5.41) is 19.5. The van der Waals surface area contributed by atoms with Crippen LogP contribution in [0.3, 0.4) is 0 Å². The third kappa shape index (κ3) is 7.31. The number of ether oxygens (including phenoxy) is 3. The van der Waals surface area contributed by atoms with E-state index in [0.29, 0.717) is 5.56 Å². The van der Waals surface area contributed by atoms with Gasteiger partial charge in [0.25, 0.3) is 10.6 Å². The number of carbonyl (C=O) groups excluding carboxylic acids is 2. The minimum atomic E-state index is -1.17. The molecule has 214 valence electrons. The number of aryl methyl sites for hydroxylation is 1. The maximum absolute atomic E-state index is 12.5. The molecule has 0 saturated heterocycles. The predicted octanol–water partition coefficient (Wildman–Crippen LogP) is -0.0463. The highest BCUT2D eigenvalue weighted by molar-refractivity contribution is 5.87. The number of fused-ring (bicyclic) bond motifs is 1. The number of esters is 2. The van der Waals surface area contributed by atoms with Crippen molar-refractivity contribution in [3.63, 3.8) is 0 Å². The van der Waals surface area contributed by atoms with Crippen LogP contribution in [0.2, 0.25) is 0 Å². The van der Waals surface area contributed by atoms with Crippen LogP contribution in [0.5, 0.6) is 11.5 Å². The molecule has 0 saturated carbocycles. The number of aliphatic hydroxyl groups is 1. The molecule has 16 heteroatoms. The van der Waals surface area contributed by atoms with E-state index in [9.17, 15) is 34.4 Å². The number of aliphatic hydroxyl groups excluding tert-OH is 1. The molecule has 0 bridgehead atoms. The lowest BCUT2D eigenvalue weighted by molar-refractivity contribution is -0.757. The molecule has 0 radical (unpaired) electrons. The topological polar surface area (TPSA) is 196 Å². The van der Waals surface area contributed by atoms with E-state index >= 15 is 0 Å². The van der Waals surface area contributed by atoms with Gasteiger partial charge in [-0.3, -0.25) is 18.7 Å². The molecule has 3 rings (SSSR count). The molecule has 0 spiro atoms. The van der Waals surface area contributed by atoms with E-state index in [1.165, 1.54) is 54.9 Å². The molecule has 0 aliphatic heterocycles. The maximum atomic E-state index is 12.5. The Bertz CT molecular complexity index is 1550. The number of hydrogen-bond donors (Lipinski definition) is 1. The van der Waals surface area contributed by atoms with Gasteiger partial charge < -0.3 is 28.7 Å². The van der Waals surface area contributed by atoms with Gasteiger partial charge >= 0.3 is 17.6 Å². The monoisotopic (exact) mass is 561 g/mol. The van der Waals surface area contributed by atoms with Crippen molar-refractivity contribution in [2.24, 2.45) is 14.1 Å². The summed E-state index contributed by atoms with van der Waals surface area (Å²) in [6, 6.07) is 4.52. The predicted molar refractivity (Wildman–Crippen MR) is 137 cm³/mol. The molecule has 2 heterocycles. The Labute approximate surface area is 225 Å². The molecule has 0 aliphatic carbocycles. The van der Waals surface area contributed by atoms with Gasteiger partial charge in [-0.05, 0) is 30.2 Å². The minimum absolute atomic E-state index is 0.0953. The summed E-state index contributed by atoms with van der Waals surface area (Å²) in [7, 11) is 4.17. The van der Waals surface area contributed by atoms with Crippen molar-refractivity contribution < 1.29 is 38.8 Å². The van der Waals surface area contributed by atoms with Gasteiger partial charge in [-0.1, -0.05) is 6.07 Å².